The zero-order valence-electron chi connectivity index (χ0n) is 16.9. The number of rotatable bonds is 3. The van der Waals surface area contributed by atoms with Crippen molar-refractivity contribution in [3.8, 4) is 5.75 Å². The van der Waals surface area contributed by atoms with Gasteiger partial charge in [0, 0.05) is 16.7 Å². The number of hydrogen-bond acceptors (Lipinski definition) is 3. The molecule has 4 nitrogen and oxygen atoms in total. The van der Waals surface area contributed by atoms with Crippen LogP contribution in [0.1, 0.15) is 25.0 Å². The van der Waals surface area contributed by atoms with Crippen LogP contribution in [-0.2, 0) is 10.2 Å². The van der Waals surface area contributed by atoms with Gasteiger partial charge in [-0.3, -0.25) is 4.79 Å². The molecule has 1 N–H and O–H groups in total. The molecule has 3 aromatic rings. The van der Waals surface area contributed by atoms with E-state index >= 15 is 0 Å². The number of methoxy groups -OCH3 is 1. The van der Waals surface area contributed by atoms with Crippen LogP contribution in [0.3, 0.4) is 0 Å². The van der Waals surface area contributed by atoms with Crippen molar-refractivity contribution < 1.29 is 9.53 Å². The molecule has 4 heteroatoms. The lowest BCUT2D eigenvalue weighted by Gasteiger charge is -2.40. The molecule has 2 heterocycles. The Morgan fingerprint density at radius 3 is 2.62 bits per heavy atom. The summed E-state index contributed by atoms with van der Waals surface area (Å²) in [5, 5.41) is 5.57. The van der Waals surface area contributed by atoms with Gasteiger partial charge in [-0.05, 0) is 34.5 Å². The summed E-state index contributed by atoms with van der Waals surface area (Å²) in [5.41, 5.74) is 2.48. The van der Waals surface area contributed by atoms with E-state index in [1.807, 2.05) is 24.3 Å². The Kier molecular flexibility index (Phi) is 3.75. The lowest BCUT2D eigenvalue weighted by molar-refractivity contribution is -0.118. The van der Waals surface area contributed by atoms with Crippen LogP contribution in [0.2, 0.25) is 0 Å². The fraction of sp³-hybridized carbons (Fsp3) is 0.240. The normalized spacial score (nSPS) is 22.0. The van der Waals surface area contributed by atoms with Gasteiger partial charge in [0.2, 0.25) is 5.91 Å². The van der Waals surface area contributed by atoms with Crippen molar-refractivity contribution in [2.45, 2.75) is 24.9 Å². The Hall–Kier alpha value is -3.27. The summed E-state index contributed by atoms with van der Waals surface area (Å²) in [6, 6.07) is 20.7. The summed E-state index contributed by atoms with van der Waals surface area (Å²) in [7, 11) is 1.69. The molecule has 1 atom stereocenters. The van der Waals surface area contributed by atoms with E-state index in [1.165, 1.54) is 5.56 Å². The van der Waals surface area contributed by atoms with Gasteiger partial charge in [0.1, 0.15) is 11.4 Å². The van der Waals surface area contributed by atoms with Crippen molar-refractivity contribution in [3.05, 3.63) is 77.9 Å². The molecule has 0 bridgehead atoms. The molecular weight excluding hydrogens is 360 g/mol. The number of carbonyl (C=O) groups excluding carboxylic acids is 1. The topological polar surface area (TPSA) is 41.6 Å². The molecule has 1 fully saturated rings. The lowest BCUT2D eigenvalue weighted by atomic mass is 9.75. The first-order valence-corrected chi connectivity index (χ1v) is 9.91. The minimum atomic E-state index is -0.615. The maximum Gasteiger partial charge on any atom is 0.241 e. The molecule has 0 aliphatic carbocycles. The summed E-state index contributed by atoms with van der Waals surface area (Å²) in [4.78, 5) is 14.7. The third-order valence-electron chi connectivity index (χ3n) is 6.52. The Morgan fingerprint density at radius 1 is 1.03 bits per heavy atom. The highest BCUT2D eigenvalue weighted by atomic mass is 16.5. The van der Waals surface area contributed by atoms with E-state index in [0.29, 0.717) is 6.54 Å². The van der Waals surface area contributed by atoms with Crippen molar-refractivity contribution in [2.75, 3.05) is 18.6 Å². The number of anilines is 1. The third kappa shape index (κ3) is 2.35. The summed E-state index contributed by atoms with van der Waals surface area (Å²) >= 11 is 0. The summed E-state index contributed by atoms with van der Waals surface area (Å²) in [6.45, 7) is 4.75. The van der Waals surface area contributed by atoms with Gasteiger partial charge in [0.15, 0.2) is 0 Å². The zero-order chi connectivity index (χ0) is 20.2. The predicted octanol–water partition coefficient (Wildman–Crippen LogP) is 4.49. The molecule has 2 aliphatic heterocycles. The van der Waals surface area contributed by atoms with Crippen molar-refractivity contribution in [1.29, 1.82) is 0 Å². The number of benzene rings is 3. The first-order valence-electron chi connectivity index (χ1n) is 9.91. The minimum absolute atomic E-state index is 0.0436. The largest absolute Gasteiger partial charge is 0.496 e. The number of para-hydroxylation sites is 1. The van der Waals surface area contributed by atoms with Gasteiger partial charge in [0.25, 0.3) is 0 Å². The molecule has 2 aliphatic rings. The van der Waals surface area contributed by atoms with Crippen LogP contribution in [0, 0.1) is 0 Å². The van der Waals surface area contributed by atoms with Crippen LogP contribution in [-0.4, -0.2) is 25.2 Å². The van der Waals surface area contributed by atoms with Gasteiger partial charge in [0.05, 0.1) is 13.7 Å². The second kappa shape index (κ2) is 6.11. The molecule has 29 heavy (non-hydrogen) atoms. The fourth-order valence-electron chi connectivity index (χ4n) is 4.97. The average molecular weight is 384 g/mol. The molecular formula is C25H24N2O2. The van der Waals surface area contributed by atoms with Crippen LogP contribution in [0.15, 0.2) is 66.7 Å². The molecule has 0 saturated carbocycles. The number of hydrogen-bond donors (Lipinski definition) is 1. The molecule has 5 rings (SSSR count). The SMILES string of the molecule is COc1ccc2ccccc2c1/C=C/[C@]12NC(=O)CN1c1ccccc1C2(C)C. The van der Waals surface area contributed by atoms with E-state index in [1.54, 1.807) is 7.11 Å². The molecule has 0 unspecified atom stereocenters. The number of nitrogens with zero attached hydrogens (tertiary/aromatic N) is 1. The molecule has 3 aromatic carbocycles. The fourth-order valence-corrected chi connectivity index (χ4v) is 4.97. The first kappa shape index (κ1) is 17.8. The van der Waals surface area contributed by atoms with Gasteiger partial charge in [-0.1, -0.05) is 68.5 Å². The highest BCUT2D eigenvalue weighted by Crippen LogP contribution is 2.53. The average Bonchev–Trinajstić information content (AvgIpc) is 3.16. The molecule has 1 saturated heterocycles. The van der Waals surface area contributed by atoms with E-state index in [9.17, 15) is 4.79 Å². The van der Waals surface area contributed by atoms with E-state index in [2.05, 4.69) is 72.6 Å². The van der Waals surface area contributed by atoms with E-state index in [4.69, 9.17) is 4.74 Å². The van der Waals surface area contributed by atoms with Crippen molar-refractivity contribution >= 4 is 28.4 Å². The van der Waals surface area contributed by atoms with Crippen molar-refractivity contribution in [3.63, 3.8) is 0 Å². The van der Waals surface area contributed by atoms with E-state index in [-0.39, 0.29) is 11.3 Å². The number of fused-ring (bicyclic) bond motifs is 4. The molecule has 1 amide bonds. The van der Waals surface area contributed by atoms with Gasteiger partial charge in [-0.25, -0.2) is 0 Å². The predicted molar refractivity (Wildman–Crippen MR) is 117 cm³/mol. The lowest BCUT2D eigenvalue weighted by Crippen LogP contribution is -2.58. The maximum absolute atomic E-state index is 12.5. The standard InChI is InChI=1S/C25H24N2O2/c1-24(2)20-10-6-7-11-21(20)27-16-23(28)26-25(24,27)15-14-19-18-9-5-4-8-17(18)12-13-22(19)29-3/h4-15H,16H2,1-3H3,(H,26,28)/b15-14+/t25-/m0/s1. The summed E-state index contributed by atoms with van der Waals surface area (Å²) in [6.07, 6.45) is 4.25. The number of carbonyl (C=O) groups is 1. The Balaban J connectivity index is 1.70. The van der Waals surface area contributed by atoms with Crippen molar-refractivity contribution in [1.82, 2.24) is 5.32 Å². The van der Waals surface area contributed by atoms with Gasteiger partial charge < -0.3 is 15.0 Å². The summed E-state index contributed by atoms with van der Waals surface area (Å²) in [5.74, 6) is 0.864. The second-order valence-electron chi connectivity index (χ2n) is 8.28. The molecule has 0 spiro atoms. The summed E-state index contributed by atoms with van der Waals surface area (Å²) < 4.78 is 5.66. The highest BCUT2D eigenvalue weighted by Gasteiger charge is 2.59. The molecule has 0 aromatic heterocycles. The quantitative estimate of drug-likeness (QED) is 0.724. The second-order valence-corrected chi connectivity index (χ2v) is 8.28. The van der Waals surface area contributed by atoms with Gasteiger partial charge in [-0.15, -0.1) is 0 Å². The Morgan fingerprint density at radius 2 is 1.79 bits per heavy atom. The zero-order valence-corrected chi connectivity index (χ0v) is 16.9. The molecule has 0 radical (unpaired) electrons. The Bertz CT molecular complexity index is 1160. The van der Waals surface area contributed by atoms with Gasteiger partial charge in [-0.2, -0.15) is 0 Å². The number of amides is 1. The van der Waals surface area contributed by atoms with Gasteiger partial charge >= 0.3 is 0 Å². The van der Waals surface area contributed by atoms with Crippen LogP contribution >= 0.6 is 0 Å². The van der Waals surface area contributed by atoms with Crippen LogP contribution in [0.4, 0.5) is 5.69 Å². The monoisotopic (exact) mass is 384 g/mol. The Labute approximate surface area is 170 Å². The van der Waals surface area contributed by atoms with Crippen LogP contribution in [0.25, 0.3) is 16.8 Å². The van der Waals surface area contributed by atoms with Crippen LogP contribution in [0.5, 0.6) is 5.75 Å². The smallest absolute Gasteiger partial charge is 0.241 e. The first-order chi connectivity index (χ1) is 14.0. The van der Waals surface area contributed by atoms with Crippen molar-refractivity contribution in [2.24, 2.45) is 0 Å². The maximum atomic E-state index is 12.5. The molecule has 146 valence electrons. The highest BCUT2D eigenvalue weighted by molar-refractivity contribution is 5.95. The number of ether oxygens (including phenoxy) is 1. The van der Waals surface area contributed by atoms with Crippen LogP contribution < -0.4 is 15.0 Å². The third-order valence-corrected chi connectivity index (χ3v) is 6.52. The number of nitrogens with one attached hydrogen (secondary N) is 1. The van der Waals surface area contributed by atoms with E-state index < -0.39 is 5.66 Å². The minimum Gasteiger partial charge on any atom is -0.496 e. The van der Waals surface area contributed by atoms with E-state index in [0.717, 1.165) is 27.8 Å².